The third-order valence-corrected chi connectivity index (χ3v) is 0.631. The van der Waals surface area contributed by atoms with Crippen molar-refractivity contribution in [2.45, 2.75) is 6.92 Å². The highest BCUT2D eigenvalue weighted by molar-refractivity contribution is 5.59. The van der Waals surface area contributed by atoms with Crippen molar-refractivity contribution < 1.29 is 19.0 Å². The lowest BCUT2D eigenvalue weighted by atomic mass is 10.9. The van der Waals surface area contributed by atoms with E-state index in [2.05, 4.69) is 14.2 Å². The topological polar surface area (TPSA) is 44.8 Å². The maximum Gasteiger partial charge on any atom is 0.510 e. The lowest BCUT2D eigenvalue weighted by molar-refractivity contribution is -0.0351. The molecular weight excluding hydrogens is 124 g/mol. The van der Waals surface area contributed by atoms with E-state index in [9.17, 15) is 4.79 Å². The molecule has 0 amide bonds. The summed E-state index contributed by atoms with van der Waals surface area (Å²) >= 11 is 0. The van der Waals surface area contributed by atoms with Gasteiger partial charge >= 0.3 is 6.16 Å². The lowest BCUT2D eigenvalue weighted by Gasteiger charge is -2.00. The number of hydrogen-bond donors (Lipinski definition) is 0. The highest BCUT2D eigenvalue weighted by atomic mass is 16.8. The number of carbonyl (C=O) groups excluding carboxylic acids is 1. The van der Waals surface area contributed by atoms with Gasteiger partial charge in [0.1, 0.15) is 0 Å². The van der Waals surface area contributed by atoms with Gasteiger partial charge in [0.15, 0.2) is 6.79 Å². The van der Waals surface area contributed by atoms with Gasteiger partial charge < -0.3 is 14.2 Å². The quantitative estimate of drug-likeness (QED) is 0.325. The fourth-order valence-electron chi connectivity index (χ4n) is 0.232. The molecule has 9 heavy (non-hydrogen) atoms. The zero-order valence-corrected chi connectivity index (χ0v) is 5.55. The summed E-state index contributed by atoms with van der Waals surface area (Å²) in [6.45, 7) is 2.29. The van der Waals surface area contributed by atoms with Gasteiger partial charge in [0.25, 0.3) is 0 Å². The Hall–Kier alpha value is -0.770. The van der Waals surface area contributed by atoms with Gasteiger partial charge in [-0.3, -0.25) is 0 Å². The first-order valence-corrected chi connectivity index (χ1v) is 2.59. The second kappa shape index (κ2) is 5.37. The third-order valence-electron chi connectivity index (χ3n) is 0.631. The average molecular weight is 134 g/mol. The Balaban J connectivity index is 2.97. The molecule has 0 atom stereocenters. The molecule has 0 aliphatic heterocycles. The van der Waals surface area contributed by atoms with E-state index in [0.717, 1.165) is 0 Å². The largest absolute Gasteiger partial charge is 0.510 e. The number of hydrogen-bond acceptors (Lipinski definition) is 4. The van der Waals surface area contributed by atoms with Crippen LogP contribution in [0.2, 0.25) is 0 Å². The predicted molar refractivity (Wildman–Crippen MR) is 30.0 cm³/mol. The Labute approximate surface area is 53.7 Å². The standard InChI is InChI=1S/C5H10O4/c1-3-8-4-9-5(6)7-2/h3-4H2,1-2H3. The van der Waals surface area contributed by atoms with E-state index in [1.165, 1.54) is 7.11 Å². The van der Waals surface area contributed by atoms with Crippen molar-refractivity contribution in [2.24, 2.45) is 0 Å². The summed E-state index contributed by atoms with van der Waals surface area (Å²) in [7, 11) is 1.24. The van der Waals surface area contributed by atoms with Gasteiger partial charge in [0.2, 0.25) is 0 Å². The fourth-order valence-corrected chi connectivity index (χ4v) is 0.232. The molecule has 0 spiro atoms. The van der Waals surface area contributed by atoms with Gasteiger partial charge in [-0.2, -0.15) is 0 Å². The molecule has 0 N–H and O–H groups in total. The van der Waals surface area contributed by atoms with Crippen LogP contribution in [0.25, 0.3) is 0 Å². The molecule has 0 radical (unpaired) electrons. The first-order valence-electron chi connectivity index (χ1n) is 2.59. The molecule has 0 fully saturated rings. The predicted octanol–water partition coefficient (Wildman–Crippen LogP) is 0.763. The van der Waals surface area contributed by atoms with Crippen LogP contribution in [0.3, 0.4) is 0 Å². The number of methoxy groups -OCH3 is 1. The molecule has 4 nitrogen and oxygen atoms in total. The summed E-state index contributed by atoms with van der Waals surface area (Å²) < 4.78 is 13.2. The van der Waals surface area contributed by atoms with E-state index in [1.54, 1.807) is 6.92 Å². The van der Waals surface area contributed by atoms with Crippen LogP contribution in [0, 0.1) is 0 Å². The van der Waals surface area contributed by atoms with Crippen LogP contribution in [0.1, 0.15) is 6.92 Å². The van der Waals surface area contributed by atoms with E-state index in [0.29, 0.717) is 6.61 Å². The van der Waals surface area contributed by atoms with Crippen molar-refractivity contribution in [2.75, 3.05) is 20.5 Å². The maximum absolute atomic E-state index is 10.2. The van der Waals surface area contributed by atoms with Crippen molar-refractivity contribution in [3.8, 4) is 0 Å². The van der Waals surface area contributed by atoms with Crippen molar-refractivity contribution in [1.29, 1.82) is 0 Å². The number of carbonyl (C=O) groups is 1. The average Bonchev–Trinajstić information content (AvgIpc) is 1.89. The zero-order valence-electron chi connectivity index (χ0n) is 5.55. The molecule has 0 aromatic rings. The minimum Gasteiger partial charge on any atom is -0.438 e. The Morgan fingerprint density at radius 3 is 2.67 bits per heavy atom. The molecule has 0 aliphatic carbocycles. The van der Waals surface area contributed by atoms with Gasteiger partial charge in [-0.05, 0) is 6.92 Å². The first kappa shape index (κ1) is 8.23. The Bertz CT molecular complexity index is 81.0. The molecule has 0 saturated heterocycles. The molecule has 0 aromatic heterocycles. The summed E-state index contributed by atoms with van der Waals surface area (Å²) in [6.07, 6.45) is -0.719. The summed E-state index contributed by atoms with van der Waals surface area (Å²) in [5.74, 6) is 0. The summed E-state index contributed by atoms with van der Waals surface area (Å²) in [5.41, 5.74) is 0. The Morgan fingerprint density at radius 1 is 1.56 bits per heavy atom. The van der Waals surface area contributed by atoms with Crippen molar-refractivity contribution in [1.82, 2.24) is 0 Å². The Kier molecular flexibility index (Phi) is 4.91. The molecule has 4 heteroatoms. The zero-order chi connectivity index (χ0) is 7.11. The molecule has 0 unspecified atom stereocenters. The maximum atomic E-state index is 10.2. The second-order valence-electron chi connectivity index (χ2n) is 1.21. The van der Waals surface area contributed by atoms with E-state index < -0.39 is 6.16 Å². The summed E-state index contributed by atoms with van der Waals surface area (Å²) in [4.78, 5) is 10.2. The van der Waals surface area contributed by atoms with Crippen LogP contribution < -0.4 is 0 Å². The van der Waals surface area contributed by atoms with E-state index >= 15 is 0 Å². The smallest absolute Gasteiger partial charge is 0.438 e. The van der Waals surface area contributed by atoms with Crippen LogP contribution >= 0.6 is 0 Å². The monoisotopic (exact) mass is 134 g/mol. The molecule has 0 aliphatic rings. The Morgan fingerprint density at radius 2 is 2.22 bits per heavy atom. The van der Waals surface area contributed by atoms with Crippen molar-refractivity contribution in [3.05, 3.63) is 0 Å². The van der Waals surface area contributed by atoms with Gasteiger partial charge in [-0.15, -0.1) is 0 Å². The van der Waals surface area contributed by atoms with Gasteiger partial charge in [-0.25, -0.2) is 4.79 Å². The summed E-state index contributed by atoms with van der Waals surface area (Å²) in [5, 5.41) is 0. The SMILES string of the molecule is CCOCOC(=O)OC. The molecule has 0 bridgehead atoms. The van der Waals surface area contributed by atoms with Gasteiger partial charge in [-0.1, -0.05) is 0 Å². The molecule has 0 heterocycles. The van der Waals surface area contributed by atoms with Crippen LogP contribution in [0.4, 0.5) is 4.79 Å². The van der Waals surface area contributed by atoms with Crippen molar-refractivity contribution >= 4 is 6.16 Å². The highest BCUT2D eigenvalue weighted by Gasteiger charge is 1.96. The second-order valence-corrected chi connectivity index (χ2v) is 1.21. The van der Waals surface area contributed by atoms with E-state index in [4.69, 9.17) is 0 Å². The van der Waals surface area contributed by atoms with Crippen LogP contribution in [0.15, 0.2) is 0 Å². The summed E-state index contributed by atoms with van der Waals surface area (Å²) in [6, 6.07) is 0. The number of rotatable bonds is 3. The molecule has 0 saturated carbocycles. The van der Waals surface area contributed by atoms with E-state index in [1.807, 2.05) is 0 Å². The third kappa shape index (κ3) is 5.10. The minimum absolute atomic E-state index is 0.0385. The minimum atomic E-state index is -0.719. The van der Waals surface area contributed by atoms with Gasteiger partial charge in [0, 0.05) is 6.61 Å². The number of ether oxygens (including phenoxy) is 3. The normalized spacial score (nSPS) is 8.67. The molecular formula is C5H10O4. The molecule has 0 aromatic carbocycles. The van der Waals surface area contributed by atoms with Crippen molar-refractivity contribution in [3.63, 3.8) is 0 Å². The van der Waals surface area contributed by atoms with Gasteiger partial charge in [0.05, 0.1) is 7.11 Å². The van der Waals surface area contributed by atoms with Crippen LogP contribution in [-0.4, -0.2) is 26.7 Å². The first-order chi connectivity index (χ1) is 4.31. The lowest BCUT2D eigenvalue weighted by Crippen LogP contribution is -2.07. The van der Waals surface area contributed by atoms with Crippen LogP contribution in [0.5, 0.6) is 0 Å². The van der Waals surface area contributed by atoms with Crippen LogP contribution in [-0.2, 0) is 14.2 Å². The fraction of sp³-hybridized carbons (Fsp3) is 0.800. The molecule has 0 rings (SSSR count). The molecule has 54 valence electrons. The highest BCUT2D eigenvalue weighted by Crippen LogP contribution is 1.81. The van der Waals surface area contributed by atoms with E-state index in [-0.39, 0.29) is 6.79 Å².